The lowest BCUT2D eigenvalue weighted by Gasteiger charge is -2.31. The third-order valence-electron chi connectivity index (χ3n) is 4.50. The Morgan fingerprint density at radius 3 is 2.46 bits per heavy atom. The Kier molecular flexibility index (Phi) is 9.23. The number of benzene rings is 2. The van der Waals surface area contributed by atoms with Gasteiger partial charge in [-0.05, 0) is 42.8 Å². The number of rotatable bonds is 6. The molecule has 26 heavy (non-hydrogen) atoms. The summed E-state index contributed by atoms with van der Waals surface area (Å²) in [4.78, 5) is 12.3. The van der Waals surface area contributed by atoms with Crippen molar-refractivity contribution in [3.05, 3.63) is 59.1 Å². The fourth-order valence-corrected chi connectivity index (χ4v) is 2.91. The highest BCUT2D eigenvalue weighted by Gasteiger charge is 2.28. The van der Waals surface area contributed by atoms with Crippen molar-refractivity contribution in [3.63, 3.8) is 0 Å². The second kappa shape index (κ2) is 10.6. The normalized spacial score (nSPS) is 14.2. The highest BCUT2D eigenvalue weighted by Crippen LogP contribution is 2.27. The van der Waals surface area contributed by atoms with Gasteiger partial charge in [0.2, 0.25) is 5.91 Å². The number of amides is 1. The van der Waals surface area contributed by atoms with E-state index in [1.807, 2.05) is 37.3 Å². The van der Waals surface area contributed by atoms with Crippen LogP contribution in [-0.2, 0) is 11.3 Å². The SMILES string of the molecule is CC(C(=O)Nc1ccc(NCc2ccccc2)c(Cl)c1)C1CNC1.Cl.Cl. The highest BCUT2D eigenvalue weighted by molar-refractivity contribution is 6.33. The van der Waals surface area contributed by atoms with Crippen LogP contribution in [-0.4, -0.2) is 19.0 Å². The van der Waals surface area contributed by atoms with Gasteiger partial charge in [0.05, 0.1) is 10.7 Å². The first kappa shape index (κ1) is 22.6. The smallest absolute Gasteiger partial charge is 0.227 e. The first-order valence-corrected chi connectivity index (χ1v) is 8.60. The van der Waals surface area contributed by atoms with E-state index in [1.165, 1.54) is 5.56 Å². The van der Waals surface area contributed by atoms with Crippen molar-refractivity contribution < 1.29 is 4.79 Å². The lowest BCUT2D eigenvalue weighted by atomic mass is 9.88. The average Bonchev–Trinajstić information content (AvgIpc) is 2.53. The van der Waals surface area contributed by atoms with E-state index in [0.29, 0.717) is 17.5 Å². The molecule has 1 fully saturated rings. The average molecular weight is 417 g/mol. The molecule has 3 N–H and O–H groups in total. The molecular formula is C19H24Cl3N3O. The van der Waals surface area contributed by atoms with Gasteiger partial charge in [-0.25, -0.2) is 0 Å². The monoisotopic (exact) mass is 415 g/mol. The number of carbonyl (C=O) groups excluding carboxylic acids is 1. The maximum absolute atomic E-state index is 12.3. The van der Waals surface area contributed by atoms with Crippen LogP contribution < -0.4 is 16.0 Å². The number of anilines is 2. The van der Waals surface area contributed by atoms with Gasteiger partial charge in [0.15, 0.2) is 0 Å². The van der Waals surface area contributed by atoms with Crippen LogP contribution in [0.4, 0.5) is 11.4 Å². The molecule has 3 rings (SSSR count). The van der Waals surface area contributed by atoms with Gasteiger partial charge in [-0.3, -0.25) is 4.79 Å². The number of carbonyl (C=O) groups is 1. The van der Waals surface area contributed by atoms with Crippen LogP contribution >= 0.6 is 36.4 Å². The molecule has 1 heterocycles. The molecule has 0 aliphatic carbocycles. The molecule has 1 aliphatic rings. The largest absolute Gasteiger partial charge is 0.380 e. The molecule has 142 valence electrons. The van der Waals surface area contributed by atoms with Gasteiger partial charge in [-0.15, -0.1) is 24.8 Å². The quantitative estimate of drug-likeness (QED) is 0.645. The van der Waals surface area contributed by atoms with Crippen LogP contribution in [0, 0.1) is 11.8 Å². The first-order chi connectivity index (χ1) is 11.6. The molecule has 7 heteroatoms. The summed E-state index contributed by atoms with van der Waals surface area (Å²) in [6, 6.07) is 15.7. The Balaban J connectivity index is 0.00000169. The number of nitrogens with one attached hydrogen (secondary N) is 3. The first-order valence-electron chi connectivity index (χ1n) is 8.22. The van der Waals surface area contributed by atoms with E-state index < -0.39 is 0 Å². The molecular weight excluding hydrogens is 393 g/mol. The van der Waals surface area contributed by atoms with Crippen molar-refractivity contribution >= 4 is 53.7 Å². The van der Waals surface area contributed by atoms with E-state index in [1.54, 1.807) is 6.07 Å². The Morgan fingerprint density at radius 2 is 1.88 bits per heavy atom. The molecule has 0 saturated carbocycles. The van der Waals surface area contributed by atoms with E-state index >= 15 is 0 Å². The van der Waals surface area contributed by atoms with Crippen molar-refractivity contribution in [1.82, 2.24) is 5.32 Å². The Morgan fingerprint density at radius 1 is 1.19 bits per heavy atom. The van der Waals surface area contributed by atoms with Crippen molar-refractivity contribution in [1.29, 1.82) is 0 Å². The summed E-state index contributed by atoms with van der Waals surface area (Å²) >= 11 is 6.34. The molecule has 1 amide bonds. The lowest BCUT2D eigenvalue weighted by molar-refractivity contribution is -0.121. The van der Waals surface area contributed by atoms with Crippen molar-refractivity contribution in [3.8, 4) is 0 Å². The summed E-state index contributed by atoms with van der Waals surface area (Å²) in [5.74, 6) is 0.468. The topological polar surface area (TPSA) is 53.2 Å². The van der Waals surface area contributed by atoms with Crippen LogP contribution in [0.5, 0.6) is 0 Å². The molecule has 1 aliphatic heterocycles. The zero-order chi connectivity index (χ0) is 16.9. The summed E-state index contributed by atoms with van der Waals surface area (Å²) in [6.07, 6.45) is 0. The van der Waals surface area contributed by atoms with Crippen molar-refractivity contribution in [2.24, 2.45) is 11.8 Å². The lowest BCUT2D eigenvalue weighted by Crippen LogP contribution is -2.48. The summed E-state index contributed by atoms with van der Waals surface area (Å²) in [7, 11) is 0. The van der Waals surface area contributed by atoms with Crippen LogP contribution in [0.1, 0.15) is 12.5 Å². The number of hydrogen-bond acceptors (Lipinski definition) is 3. The fraction of sp³-hybridized carbons (Fsp3) is 0.316. The molecule has 2 aromatic carbocycles. The van der Waals surface area contributed by atoms with Crippen molar-refractivity contribution in [2.45, 2.75) is 13.5 Å². The summed E-state index contributed by atoms with van der Waals surface area (Å²) in [6.45, 7) is 4.51. The Bertz CT molecular complexity index is 708. The molecule has 0 bridgehead atoms. The van der Waals surface area contributed by atoms with Gasteiger partial charge in [-0.2, -0.15) is 0 Å². The molecule has 0 aromatic heterocycles. The van der Waals surface area contributed by atoms with Gasteiger partial charge < -0.3 is 16.0 Å². The van der Waals surface area contributed by atoms with Crippen LogP contribution in [0.2, 0.25) is 5.02 Å². The zero-order valence-electron chi connectivity index (χ0n) is 14.5. The molecule has 1 atom stereocenters. The fourth-order valence-electron chi connectivity index (χ4n) is 2.66. The number of hydrogen-bond donors (Lipinski definition) is 3. The molecule has 0 spiro atoms. The minimum absolute atomic E-state index is 0. The molecule has 1 saturated heterocycles. The highest BCUT2D eigenvalue weighted by atomic mass is 35.5. The second-order valence-corrected chi connectivity index (χ2v) is 6.64. The molecule has 1 unspecified atom stereocenters. The summed E-state index contributed by atoms with van der Waals surface area (Å²) in [5.41, 5.74) is 2.78. The van der Waals surface area contributed by atoms with Gasteiger partial charge in [0.25, 0.3) is 0 Å². The minimum atomic E-state index is 0. The molecule has 0 radical (unpaired) electrons. The van der Waals surface area contributed by atoms with Gasteiger partial charge >= 0.3 is 0 Å². The standard InChI is InChI=1S/C19H22ClN3O.2ClH/c1-13(15-11-21-12-15)19(24)23-16-7-8-18(17(20)9-16)22-10-14-5-3-2-4-6-14;;/h2-9,13,15,21-22H,10-12H2,1H3,(H,23,24);2*1H. The minimum Gasteiger partial charge on any atom is -0.380 e. The molecule has 2 aromatic rings. The van der Waals surface area contributed by atoms with Crippen molar-refractivity contribution in [2.75, 3.05) is 23.7 Å². The Hall–Kier alpha value is -1.46. The van der Waals surface area contributed by atoms with Gasteiger partial charge in [-0.1, -0.05) is 48.9 Å². The van der Waals surface area contributed by atoms with Gasteiger partial charge in [0.1, 0.15) is 0 Å². The van der Waals surface area contributed by atoms with E-state index in [9.17, 15) is 4.79 Å². The van der Waals surface area contributed by atoms with Gasteiger partial charge in [0, 0.05) is 18.2 Å². The van der Waals surface area contributed by atoms with Crippen LogP contribution in [0.15, 0.2) is 48.5 Å². The third-order valence-corrected chi connectivity index (χ3v) is 4.81. The van der Waals surface area contributed by atoms with Crippen LogP contribution in [0.25, 0.3) is 0 Å². The predicted molar refractivity (Wildman–Crippen MR) is 114 cm³/mol. The maximum Gasteiger partial charge on any atom is 0.227 e. The summed E-state index contributed by atoms with van der Waals surface area (Å²) in [5, 5.41) is 10.1. The Labute approximate surface area is 171 Å². The molecule has 4 nitrogen and oxygen atoms in total. The van der Waals surface area contributed by atoms with E-state index in [0.717, 1.165) is 24.5 Å². The van der Waals surface area contributed by atoms with E-state index in [2.05, 4.69) is 28.1 Å². The second-order valence-electron chi connectivity index (χ2n) is 6.23. The van der Waals surface area contributed by atoms with E-state index in [-0.39, 0.29) is 36.6 Å². The third kappa shape index (κ3) is 5.78. The van der Waals surface area contributed by atoms with E-state index in [4.69, 9.17) is 11.6 Å². The maximum atomic E-state index is 12.3. The zero-order valence-corrected chi connectivity index (χ0v) is 16.9. The van der Waals surface area contributed by atoms with Crippen LogP contribution in [0.3, 0.4) is 0 Å². The predicted octanol–water partition coefficient (Wildman–Crippen LogP) is 4.59. The number of halogens is 3. The summed E-state index contributed by atoms with van der Waals surface area (Å²) < 4.78 is 0.